The molecule has 0 aliphatic heterocycles. The van der Waals surface area contributed by atoms with E-state index in [2.05, 4.69) is 20.2 Å². The highest BCUT2D eigenvalue weighted by atomic mass is 19.1. The van der Waals surface area contributed by atoms with E-state index < -0.39 is 18.0 Å². The van der Waals surface area contributed by atoms with Crippen molar-refractivity contribution in [3.63, 3.8) is 0 Å². The molecule has 1 fully saturated rings. The van der Waals surface area contributed by atoms with E-state index >= 15 is 4.39 Å². The van der Waals surface area contributed by atoms with Crippen LogP contribution in [0.5, 0.6) is 0 Å². The van der Waals surface area contributed by atoms with Crippen LogP contribution in [0.3, 0.4) is 0 Å². The van der Waals surface area contributed by atoms with Gasteiger partial charge in [-0.3, -0.25) is 14.5 Å². The van der Waals surface area contributed by atoms with E-state index in [1.807, 2.05) is 36.4 Å². The first-order valence-corrected chi connectivity index (χ1v) is 12.7. The van der Waals surface area contributed by atoms with Gasteiger partial charge in [-0.2, -0.15) is 10.1 Å². The summed E-state index contributed by atoms with van der Waals surface area (Å²) < 4.78 is 16.6. The van der Waals surface area contributed by atoms with Gasteiger partial charge in [0.1, 0.15) is 11.5 Å². The van der Waals surface area contributed by atoms with Crippen LogP contribution in [0.1, 0.15) is 29.9 Å². The van der Waals surface area contributed by atoms with E-state index in [-0.39, 0.29) is 11.3 Å². The van der Waals surface area contributed by atoms with Gasteiger partial charge in [-0.15, -0.1) is 0 Å². The number of aromatic nitrogens is 5. The summed E-state index contributed by atoms with van der Waals surface area (Å²) in [5.41, 5.74) is 10.3. The molecule has 3 heterocycles. The number of nitrogens with two attached hydrogens (primary N) is 1. The van der Waals surface area contributed by atoms with Crippen molar-refractivity contribution < 1.29 is 9.50 Å². The van der Waals surface area contributed by atoms with E-state index in [1.54, 1.807) is 30.5 Å². The normalized spacial score (nSPS) is 13.4. The minimum absolute atomic E-state index is 0.0195. The summed E-state index contributed by atoms with van der Waals surface area (Å²) in [6.07, 6.45) is 3.70. The molecule has 7 rings (SSSR count). The fraction of sp³-hybridized carbons (Fsp3) is 0.133. The molecular formula is C30H23FN6O2. The maximum absolute atomic E-state index is 15.2. The molecule has 8 nitrogen and oxygen atoms in total. The molecule has 1 aliphatic carbocycles. The molecule has 3 aromatic heterocycles. The van der Waals surface area contributed by atoms with Crippen LogP contribution in [-0.4, -0.2) is 29.8 Å². The number of benzene rings is 3. The van der Waals surface area contributed by atoms with E-state index in [9.17, 15) is 9.90 Å². The van der Waals surface area contributed by atoms with Crippen LogP contribution in [-0.2, 0) is 6.61 Å². The monoisotopic (exact) mass is 518 g/mol. The second-order valence-corrected chi connectivity index (χ2v) is 9.79. The van der Waals surface area contributed by atoms with Crippen LogP contribution in [0.2, 0.25) is 0 Å². The number of fused-ring (bicyclic) bond motifs is 2. The van der Waals surface area contributed by atoms with Crippen molar-refractivity contribution in [3.8, 4) is 28.2 Å². The standard InChI is InChI=1S/C30H23FN6O2/c31-22-14-19(16-9-10-16)13-18-11-12-37(29(39)24(18)22)23-8-4-7-20(21(23)15-38)27-25-26(17-5-2-1-3-6-17)35-36-28(25)34-30(32)33-27/h1-8,11-14,16,38H,9-10,15H2,(H3,32,33,34,35,36). The van der Waals surface area contributed by atoms with Crippen LogP contribution in [0, 0.1) is 5.82 Å². The molecule has 0 unspecified atom stereocenters. The first-order chi connectivity index (χ1) is 19.0. The van der Waals surface area contributed by atoms with Gasteiger partial charge in [0.05, 0.1) is 28.8 Å². The average molecular weight is 519 g/mol. The fourth-order valence-corrected chi connectivity index (χ4v) is 5.33. The third-order valence-corrected chi connectivity index (χ3v) is 7.34. The van der Waals surface area contributed by atoms with Crippen molar-refractivity contribution in [2.45, 2.75) is 25.4 Å². The van der Waals surface area contributed by atoms with E-state index in [4.69, 9.17) is 5.73 Å². The van der Waals surface area contributed by atoms with Crippen LogP contribution in [0.25, 0.3) is 50.0 Å². The molecule has 0 spiro atoms. The second-order valence-electron chi connectivity index (χ2n) is 9.79. The van der Waals surface area contributed by atoms with Gasteiger partial charge < -0.3 is 10.8 Å². The zero-order valence-corrected chi connectivity index (χ0v) is 20.7. The Hall–Kier alpha value is -4.89. The molecule has 0 bridgehead atoms. The molecule has 1 saturated carbocycles. The lowest BCUT2D eigenvalue weighted by molar-refractivity contribution is 0.282. The lowest BCUT2D eigenvalue weighted by Gasteiger charge is -2.16. The number of nitrogens with zero attached hydrogens (tertiary/aromatic N) is 4. The number of nitrogens with one attached hydrogen (secondary N) is 1. The predicted molar refractivity (Wildman–Crippen MR) is 148 cm³/mol. The fourth-order valence-electron chi connectivity index (χ4n) is 5.33. The lowest BCUT2D eigenvalue weighted by Crippen LogP contribution is -2.20. The highest BCUT2D eigenvalue weighted by molar-refractivity contribution is 6.02. The largest absolute Gasteiger partial charge is 0.392 e. The zero-order chi connectivity index (χ0) is 26.7. The number of hydrogen-bond acceptors (Lipinski definition) is 6. The molecule has 0 amide bonds. The Morgan fingerprint density at radius 2 is 1.82 bits per heavy atom. The number of halogens is 1. The zero-order valence-electron chi connectivity index (χ0n) is 20.7. The predicted octanol–water partition coefficient (Wildman–Crippen LogP) is 5.08. The number of aliphatic hydroxyl groups excluding tert-OH is 1. The summed E-state index contributed by atoms with van der Waals surface area (Å²) >= 11 is 0. The minimum Gasteiger partial charge on any atom is -0.392 e. The van der Waals surface area contributed by atoms with Crippen LogP contribution in [0.15, 0.2) is 77.7 Å². The van der Waals surface area contributed by atoms with Gasteiger partial charge in [-0.1, -0.05) is 48.5 Å². The molecule has 1 aliphatic rings. The van der Waals surface area contributed by atoms with Gasteiger partial charge in [-0.25, -0.2) is 9.37 Å². The number of anilines is 1. The number of hydrogen-bond donors (Lipinski definition) is 3. The van der Waals surface area contributed by atoms with Crippen molar-refractivity contribution in [2.75, 3.05) is 5.73 Å². The maximum atomic E-state index is 15.2. The molecule has 9 heteroatoms. The van der Waals surface area contributed by atoms with Gasteiger partial charge >= 0.3 is 0 Å². The minimum atomic E-state index is -0.536. The Bertz CT molecular complexity index is 1960. The summed E-state index contributed by atoms with van der Waals surface area (Å²) in [5.74, 6) is -0.136. The van der Waals surface area contributed by atoms with Gasteiger partial charge in [0.25, 0.3) is 5.56 Å². The smallest absolute Gasteiger partial charge is 0.265 e. The van der Waals surface area contributed by atoms with Gasteiger partial charge in [0.15, 0.2) is 5.65 Å². The van der Waals surface area contributed by atoms with Crippen LogP contribution < -0.4 is 11.3 Å². The second kappa shape index (κ2) is 8.85. The Morgan fingerprint density at radius 1 is 1.00 bits per heavy atom. The quantitative estimate of drug-likeness (QED) is 0.292. The molecule has 192 valence electrons. The maximum Gasteiger partial charge on any atom is 0.265 e. The molecule has 0 atom stereocenters. The molecule has 0 saturated heterocycles. The number of rotatable bonds is 5. The van der Waals surface area contributed by atoms with Crippen LogP contribution >= 0.6 is 0 Å². The summed E-state index contributed by atoms with van der Waals surface area (Å²) in [4.78, 5) is 22.5. The Balaban J connectivity index is 1.46. The topological polar surface area (TPSA) is 123 Å². The summed E-state index contributed by atoms with van der Waals surface area (Å²) in [7, 11) is 0. The van der Waals surface area contributed by atoms with Gasteiger partial charge in [-0.05, 0) is 47.9 Å². The Kier molecular flexibility index (Phi) is 5.27. The highest BCUT2D eigenvalue weighted by Gasteiger charge is 2.26. The van der Waals surface area contributed by atoms with Gasteiger partial charge in [0.2, 0.25) is 5.95 Å². The number of aromatic amines is 1. The Morgan fingerprint density at radius 3 is 2.59 bits per heavy atom. The van der Waals surface area contributed by atoms with Crippen LogP contribution in [0.4, 0.5) is 10.3 Å². The molecule has 6 aromatic rings. The first-order valence-electron chi connectivity index (χ1n) is 12.7. The van der Waals surface area contributed by atoms with Crippen molar-refractivity contribution in [2.24, 2.45) is 0 Å². The lowest BCUT2D eigenvalue weighted by atomic mass is 9.98. The summed E-state index contributed by atoms with van der Waals surface area (Å²) in [6.45, 7) is -0.400. The molecule has 3 aromatic carbocycles. The highest BCUT2D eigenvalue weighted by Crippen LogP contribution is 2.41. The Labute approximate surface area is 221 Å². The van der Waals surface area contributed by atoms with Crippen molar-refractivity contribution in [1.29, 1.82) is 0 Å². The number of pyridine rings is 1. The van der Waals surface area contributed by atoms with E-state index in [1.165, 1.54) is 10.6 Å². The van der Waals surface area contributed by atoms with Gasteiger partial charge in [0, 0.05) is 22.9 Å². The summed E-state index contributed by atoms with van der Waals surface area (Å²) in [6, 6.07) is 20.0. The first kappa shape index (κ1) is 23.2. The molecular weight excluding hydrogens is 495 g/mol. The third-order valence-electron chi connectivity index (χ3n) is 7.34. The van der Waals surface area contributed by atoms with Crippen molar-refractivity contribution in [1.82, 2.24) is 24.7 Å². The molecule has 4 N–H and O–H groups in total. The SMILES string of the molecule is Nc1nc(-c2cccc(-n3ccc4cc(C5CC5)cc(F)c4c3=O)c2CO)c2c(-c3ccccc3)n[nH]c2n1. The molecule has 0 radical (unpaired) electrons. The molecule has 39 heavy (non-hydrogen) atoms. The van der Waals surface area contributed by atoms with Crippen molar-refractivity contribution in [3.05, 3.63) is 100 Å². The van der Waals surface area contributed by atoms with E-state index in [0.29, 0.717) is 50.5 Å². The average Bonchev–Trinajstić information content (AvgIpc) is 3.72. The van der Waals surface area contributed by atoms with Crippen molar-refractivity contribution >= 4 is 27.8 Å². The number of aliphatic hydroxyl groups is 1. The third kappa shape index (κ3) is 3.78. The van der Waals surface area contributed by atoms with E-state index in [0.717, 1.165) is 24.0 Å². The number of H-pyrrole nitrogens is 1. The summed E-state index contributed by atoms with van der Waals surface area (Å²) in [5, 5.41) is 19.2. The number of nitrogen functional groups attached to an aromatic ring is 1.